The molecule has 0 spiro atoms. The summed E-state index contributed by atoms with van der Waals surface area (Å²) < 4.78 is 6.14. The predicted molar refractivity (Wildman–Crippen MR) is 55.0 cm³/mol. The number of ether oxygens (including phenoxy) is 1. The van der Waals surface area contributed by atoms with Crippen molar-refractivity contribution in [2.24, 2.45) is 5.92 Å². The minimum absolute atomic E-state index is 0.0256. The summed E-state index contributed by atoms with van der Waals surface area (Å²) in [7, 11) is 0. The molecule has 1 aliphatic carbocycles. The number of halogens is 1. The largest absolute Gasteiger partial charge is 0.465 e. The first kappa shape index (κ1) is 8.48. The maximum absolute atomic E-state index is 11.4. The third-order valence-corrected chi connectivity index (χ3v) is 3.63. The van der Waals surface area contributed by atoms with E-state index in [0.717, 1.165) is 10.9 Å². The first-order valence-corrected chi connectivity index (χ1v) is 5.50. The SMILES string of the molecule is O=C1OC[C@H]2c3cc(Br)ccc3C[C@@H]12. The summed E-state index contributed by atoms with van der Waals surface area (Å²) in [5.41, 5.74) is 2.59. The third kappa shape index (κ3) is 1.05. The number of esters is 1. The zero-order valence-corrected chi connectivity index (χ0v) is 9.08. The Balaban J connectivity index is 2.09. The smallest absolute Gasteiger partial charge is 0.310 e. The molecule has 0 N–H and O–H groups in total. The molecule has 0 bridgehead atoms. The van der Waals surface area contributed by atoms with Gasteiger partial charge in [0.2, 0.25) is 0 Å². The van der Waals surface area contributed by atoms with Gasteiger partial charge in [-0.3, -0.25) is 4.79 Å². The minimum Gasteiger partial charge on any atom is -0.465 e. The van der Waals surface area contributed by atoms with Crippen molar-refractivity contribution in [3.05, 3.63) is 33.8 Å². The summed E-state index contributed by atoms with van der Waals surface area (Å²) in [5.74, 6) is 0.358. The predicted octanol–water partition coefficient (Wildman–Crippen LogP) is 2.26. The van der Waals surface area contributed by atoms with Gasteiger partial charge >= 0.3 is 5.97 Å². The topological polar surface area (TPSA) is 26.3 Å². The molecule has 1 saturated heterocycles. The normalized spacial score (nSPS) is 28.5. The fourth-order valence-electron chi connectivity index (χ4n) is 2.43. The standard InChI is InChI=1S/C11H9BrO2/c12-7-2-1-6-3-9-10(8(6)4-7)5-14-11(9)13/h1-2,4,9-10H,3,5H2/t9-,10+/m1/s1. The van der Waals surface area contributed by atoms with E-state index in [-0.39, 0.29) is 11.9 Å². The van der Waals surface area contributed by atoms with Crippen LogP contribution in [0.1, 0.15) is 17.0 Å². The van der Waals surface area contributed by atoms with Crippen molar-refractivity contribution < 1.29 is 9.53 Å². The van der Waals surface area contributed by atoms with Gasteiger partial charge in [-0.2, -0.15) is 0 Å². The van der Waals surface area contributed by atoms with Crippen molar-refractivity contribution in [3.63, 3.8) is 0 Å². The Morgan fingerprint density at radius 1 is 1.36 bits per heavy atom. The Labute approximate surface area is 90.4 Å². The van der Waals surface area contributed by atoms with Crippen LogP contribution < -0.4 is 0 Å². The van der Waals surface area contributed by atoms with Crippen molar-refractivity contribution >= 4 is 21.9 Å². The lowest BCUT2D eigenvalue weighted by molar-refractivity contribution is -0.141. The molecule has 2 nitrogen and oxygen atoms in total. The van der Waals surface area contributed by atoms with Gasteiger partial charge in [-0.25, -0.2) is 0 Å². The molecule has 3 rings (SSSR count). The number of fused-ring (bicyclic) bond motifs is 3. The molecule has 0 amide bonds. The van der Waals surface area contributed by atoms with Crippen LogP contribution in [0.5, 0.6) is 0 Å². The molecule has 0 radical (unpaired) electrons. The molecule has 14 heavy (non-hydrogen) atoms. The summed E-state index contributed by atoms with van der Waals surface area (Å²) in [4.78, 5) is 11.4. The van der Waals surface area contributed by atoms with Crippen molar-refractivity contribution in [1.82, 2.24) is 0 Å². The maximum Gasteiger partial charge on any atom is 0.310 e. The van der Waals surface area contributed by atoms with E-state index in [2.05, 4.69) is 28.1 Å². The Morgan fingerprint density at radius 3 is 3.07 bits per heavy atom. The van der Waals surface area contributed by atoms with Gasteiger partial charge < -0.3 is 4.74 Å². The second kappa shape index (κ2) is 2.83. The van der Waals surface area contributed by atoms with Gasteiger partial charge in [-0.1, -0.05) is 22.0 Å². The van der Waals surface area contributed by atoms with E-state index in [1.807, 2.05) is 6.07 Å². The highest BCUT2D eigenvalue weighted by molar-refractivity contribution is 9.10. The quantitative estimate of drug-likeness (QED) is 0.663. The number of carbonyl (C=O) groups excluding carboxylic acids is 1. The molecule has 1 aliphatic heterocycles. The minimum atomic E-state index is -0.0256. The lowest BCUT2D eigenvalue weighted by Gasteiger charge is -2.05. The highest BCUT2D eigenvalue weighted by Crippen LogP contribution is 2.43. The molecule has 72 valence electrons. The van der Waals surface area contributed by atoms with Gasteiger partial charge in [-0.15, -0.1) is 0 Å². The van der Waals surface area contributed by atoms with Gasteiger partial charge in [0.1, 0.15) is 0 Å². The van der Waals surface area contributed by atoms with Crippen molar-refractivity contribution in [2.45, 2.75) is 12.3 Å². The summed E-state index contributed by atoms with van der Waals surface area (Å²) >= 11 is 3.45. The van der Waals surface area contributed by atoms with Crippen LogP contribution in [0.4, 0.5) is 0 Å². The molecule has 1 aromatic carbocycles. The van der Waals surface area contributed by atoms with E-state index >= 15 is 0 Å². The maximum atomic E-state index is 11.4. The van der Waals surface area contributed by atoms with Crippen molar-refractivity contribution in [3.8, 4) is 0 Å². The molecular formula is C11H9BrO2. The Bertz CT molecular complexity index is 414. The fourth-order valence-corrected chi connectivity index (χ4v) is 2.80. The Morgan fingerprint density at radius 2 is 2.21 bits per heavy atom. The highest BCUT2D eigenvalue weighted by Gasteiger charge is 2.43. The monoisotopic (exact) mass is 252 g/mol. The van der Waals surface area contributed by atoms with Gasteiger partial charge in [0, 0.05) is 10.4 Å². The van der Waals surface area contributed by atoms with Crippen molar-refractivity contribution in [1.29, 1.82) is 0 Å². The van der Waals surface area contributed by atoms with Crippen LogP contribution >= 0.6 is 15.9 Å². The highest BCUT2D eigenvalue weighted by atomic mass is 79.9. The van der Waals surface area contributed by atoms with Gasteiger partial charge in [0.15, 0.2) is 0 Å². The second-order valence-electron chi connectivity index (χ2n) is 3.89. The molecule has 0 saturated carbocycles. The van der Waals surface area contributed by atoms with Gasteiger partial charge in [0.25, 0.3) is 0 Å². The third-order valence-electron chi connectivity index (χ3n) is 3.14. The molecular weight excluding hydrogens is 244 g/mol. The van der Waals surface area contributed by atoms with Crippen LogP contribution in [0.15, 0.2) is 22.7 Å². The first-order chi connectivity index (χ1) is 6.75. The average molecular weight is 253 g/mol. The molecule has 1 fully saturated rings. The molecule has 1 heterocycles. The Hall–Kier alpha value is -0.830. The number of rotatable bonds is 0. The zero-order valence-electron chi connectivity index (χ0n) is 7.50. The van der Waals surface area contributed by atoms with Crippen LogP contribution in [-0.2, 0) is 16.0 Å². The number of carbonyl (C=O) groups is 1. The lowest BCUT2D eigenvalue weighted by Crippen LogP contribution is -2.09. The van der Waals surface area contributed by atoms with E-state index < -0.39 is 0 Å². The summed E-state index contributed by atoms with van der Waals surface area (Å²) in [6, 6.07) is 6.25. The van der Waals surface area contributed by atoms with Gasteiger partial charge in [-0.05, 0) is 29.7 Å². The molecule has 0 unspecified atom stereocenters. The average Bonchev–Trinajstić information content (AvgIpc) is 2.67. The van der Waals surface area contributed by atoms with Crippen molar-refractivity contribution in [2.75, 3.05) is 6.61 Å². The van der Waals surface area contributed by atoms with Crippen LogP contribution in [0.2, 0.25) is 0 Å². The number of cyclic esters (lactones) is 1. The van der Waals surface area contributed by atoms with Crippen LogP contribution in [0.3, 0.4) is 0 Å². The number of benzene rings is 1. The zero-order chi connectivity index (χ0) is 9.71. The van der Waals surface area contributed by atoms with E-state index in [1.54, 1.807) is 0 Å². The molecule has 2 aliphatic rings. The van der Waals surface area contributed by atoms with E-state index in [9.17, 15) is 4.79 Å². The second-order valence-corrected chi connectivity index (χ2v) is 4.81. The van der Waals surface area contributed by atoms with Crippen LogP contribution in [0.25, 0.3) is 0 Å². The molecule has 2 atom stereocenters. The number of hydrogen-bond donors (Lipinski definition) is 0. The molecule has 0 aromatic heterocycles. The molecule has 3 heteroatoms. The molecule has 1 aromatic rings. The van der Waals surface area contributed by atoms with Crippen LogP contribution in [0, 0.1) is 5.92 Å². The van der Waals surface area contributed by atoms with E-state index in [4.69, 9.17) is 4.74 Å². The summed E-state index contributed by atoms with van der Waals surface area (Å²) in [5, 5.41) is 0. The fraction of sp³-hybridized carbons (Fsp3) is 0.364. The van der Waals surface area contributed by atoms with Crippen LogP contribution in [-0.4, -0.2) is 12.6 Å². The summed E-state index contributed by atoms with van der Waals surface area (Å²) in [6.07, 6.45) is 0.853. The Kier molecular flexibility index (Phi) is 1.71. The first-order valence-electron chi connectivity index (χ1n) is 4.70. The van der Waals surface area contributed by atoms with E-state index in [1.165, 1.54) is 11.1 Å². The summed E-state index contributed by atoms with van der Waals surface area (Å²) in [6.45, 7) is 0.562. The number of hydrogen-bond acceptors (Lipinski definition) is 2. The lowest BCUT2D eigenvalue weighted by atomic mass is 9.96. The van der Waals surface area contributed by atoms with E-state index in [0.29, 0.717) is 12.5 Å². The van der Waals surface area contributed by atoms with Gasteiger partial charge in [0.05, 0.1) is 12.5 Å².